The molecule has 0 bridgehead atoms. The van der Waals surface area contributed by atoms with Crippen molar-refractivity contribution in [2.75, 3.05) is 4.90 Å². The minimum atomic E-state index is -0.228. The standard InChI is InChI=1S/C47H34FN/c1-47(2)45-14-8-7-13-42(45)43-28-27-38(30-46(43)47)49(36-23-17-32(18-24-36)31-15-21-35(48)22-16-31)37-25-19-33(20-26-37)44-29-34-9-3-4-10-39(34)40-11-5-6-12-41(40)44/h3-30H,1-2H3. The number of fused-ring (bicyclic) bond motifs is 6. The number of hydrogen-bond acceptors (Lipinski definition) is 1. The fourth-order valence-electron chi connectivity index (χ4n) is 7.81. The predicted octanol–water partition coefficient (Wildman–Crippen LogP) is 13.2. The number of halogens is 1. The van der Waals surface area contributed by atoms with Gasteiger partial charge in [-0.1, -0.05) is 129 Å². The summed E-state index contributed by atoms with van der Waals surface area (Å²) >= 11 is 0. The van der Waals surface area contributed by atoms with Crippen LogP contribution in [0.4, 0.5) is 21.5 Å². The van der Waals surface area contributed by atoms with Crippen molar-refractivity contribution in [1.29, 1.82) is 0 Å². The van der Waals surface area contributed by atoms with Crippen LogP contribution in [-0.2, 0) is 5.41 Å². The van der Waals surface area contributed by atoms with Crippen LogP contribution in [0, 0.1) is 5.82 Å². The van der Waals surface area contributed by atoms with Crippen molar-refractivity contribution in [1.82, 2.24) is 0 Å². The molecule has 0 radical (unpaired) electrons. The molecule has 0 spiro atoms. The molecule has 9 rings (SSSR count). The van der Waals surface area contributed by atoms with Crippen molar-refractivity contribution in [2.24, 2.45) is 0 Å². The summed E-state index contributed by atoms with van der Waals surface area (Å²) in [6.07, 6.45) is 0. The van der Waals surface area contributed by atoms with Crippen LogP contribution in [-0.4, -0.2) is 0 Å². The van der Waals surface area contributed by atoms with Crippen LogP contribution in [0.1, 0.15) is 25.0 Å². The van der Waals surface area contributed by atoms with Crippen LogP contribution >= 0.6 is 0 Å². The molecule has 234 valence electrons. The molecule has 0 atom stereocenters. The van der Waals surface area contributed by atoms with Crippen LogP contribution < -0.4 is 4.90 Å². The summed E-state index contributed by atoms with van der Waals surface area (Å²) in [7, 11) is 0. The van der Waals surface area contributed by atoms with Crippen molar-refractivity contribution in [3.63, 3.8) is 0 Å². The fraction of sp³-hybridized carbons (Fsp3) is 0.0638. The molecule has 1 nitrogen and oxygen atoms in total. The Kier molecular flexibility index (Phi) is 6.74. The highest BCUT2D eigenvalue weighted by molar-refractivity contribution is 6.13. The average Bonchev–Trinajstić information content (AvgIpc) is 3.38. The summed E-state index contributed by atoms with van der Waals surface area (Å²) in [6, 6.07) is 59.6. The monoisotopic (exact) mass is 631 g/mol. The van der Waals surface area contributed by atoms with E-state index in [9.17, 15) is 4.39 Å². The van der Waals surface area contributed by atoms with Gasteiger partial charge in [0.1, 0.15) is 5.82 Å². The van der Waals surface area contributed by atoms with Crippen molar-refractivity contribution in [3.8, 4) is 33.4 Å². The van der Waals surface area contributed by atoms with E-state index in [1.165, 1.54) is 67.1 Å². The molecule has 0 saturated carbocycles. The number of benzene rings is 8. The van der Waals surface area contributed by atoms with Crippen LogP contribution in [0.2, 0.25) is 0 Å². The van der Waals surface area contributed by atoms with Crippen LogP contribution in [0.25, 0.3) is 54.9 Å². The molecular weight excluding hydrogens is 598 g/mol. The Labute approximate surface area is 286 Å². The summed E-state index contributed by atoms with van der Waals surface area (Å²) in [5, 5.41) is 5.03. The van der Waals surface area contributed by atoms with Gasteiger partial charge in [-0.25, -0.2) is 4.39 Å². The molecule has 2 heteroatoms. The normalized spacial score (nSPS) is 13.0. The minimum absolute atomic E-state index is 0.110. The highest BCUT2D eigenvalue weighted by Crippen LogP contribution is 2.50. The lowest BCUT2D eigenvalue weighted by molar-refractivity contribution is 0.628. The maximum absolute atomic E-state index is 13.7. The van der Waals surface area contributed by atoms with Crippen LogP contribution in [0.15, 0.2) is 170 Å². The summed E-state index contributed by atoms with van der Waals surface area (Å²) in [5.74, 6) is -0.228. The molecule has 0 aromatic heterocycles. The maximum Gasteiger partial charge on any atom is 0.123 e. The molecule has 1 aliphatic rings. The fourth-order valence-corrected chi connectivity index (χ4v) is 7.81. The van der Waals surface area contributed by atoms with Gasteiger partial charge in [0, 0.05) is 22.5 Å². The van der Waals surface area contributed by atoms with Gasteiger partial charge < -0.3 is 4.90 Å². The first kappa shape index (κ1) is 29.2. The highest BCUT2D eigenvalue weighted by atomic mass is 19.1. The zero-order valence-corrected chi connectivity index (χ0v) is 27.5. The van der Waals surface area contributed by atoms with Crippen molar-refractivity contribution in [3.05, 3.63) is 187 Å². The highest BCUT2D eigenvalue weighted by Gasteiger charge is 2.35. The van der Waals surface area contributed by atoms with Gasteiger partial charge in [0.05, 0.1) is 0 Å². The van der Waals surface area contributed by atoms with E-state index in [-0.39, 0.29) is 11.2 Å². The van der Waals surface area contributed by atoms with E-state index in [4.69, 9.17) is 0 Å². The quantitative estimate of drug-likeness (QED) is 0.171. The topological polar surface area (TPSA) is 3.24 Å². The molecule has 0 saturated heterocycles. The van der Waals surface area contributed by atoms with E-state index in [1.54, 1.807) is 0 Å². The molecule has 8 aromatic carbocycles. The maximum atomic E-state index is 13.7. The van der Waals surface area contributed by atoms with Gasteiger partial charge in [0.2, 0.25) is 0 Å². The Hall–Kier alpha value is -5.99. The van der Waals surface area contributed by atoms with Gasteiger partial charge in [-0.2, -0.15) is 0 Å². The molecule has 0 unspecified atom stereocenters. The van der Waals surface area contributed by atoms with Gasteiger partial charge in [-0.15, -0.1) is 0 Å². The second-order valence-corrected chi connectivity index (χ2v) is 13.5. The van der Waals surface area contributed by atoms with Gasteiger partial charge in [0.25, 0.3) is 0 Å². The summed E-state index contributed by atoms with van der Waals surface area (Å²) < 4.78 is 13.7. The Morgan fingerprint density at radius 1 is 0.408 bits per heavy atom. The lowest BCUT2D eigenvalue weighted by Crippen LogP contribution is -2.16. The summed E-state index contributed by atoms with van der Waals surface area (Å²) in [6.45, 7) is 4.65. The van der Waals surface area contributed by atoms with Gasteiger partial charge in [-0.05, 0) is 121 Å². The summed E-state index contributed by atoms with van der Waals surface area (Å²) in [5.41, 5.74) is 12.9. The van der Waals surface area contributed by atoms with Gasteiger partial charge in [-0.3, -0.25) is 0 Å². The van der Waals surface area contributed by atoms with Gasteiger partial charge >= 0.3 is 0 Å². The first-order valence-electron chi connectivity index (χ1n) is 16.9. The van der Waals surface area contributed by atoms with Gasteiger partial charge in [0.15, 0.2) is 0 Å². The molecule has 0 heterocycles. The van der Waals surface area contributed by atoms with E-state index in [1.807, 2.05) is 12.1 Å². The average molecular weight is 632 g/mol. The Balaban J connectivity index is 1.17. The molecular formula is C47H34FN. The number of hydrogen-bond donors (Lipinski definition) is 0. The third-order valence-electron chi connectivity index (χ3n) is 10.3. The Bertz CT molecular complexity index is 2510. The molecule has 8 aromatic rings. The van der Waals surface area contributed by atoms with E-state index < -0.39 is 0 Å². The first-order valence-corrected chi connectivity index (χ1v) is 16.9. The Morgan fingerprint density at radius 3 is 1.65 bits per heavy atom. The SMILES string of the molecule is CC1(C)c2ccccc2-c2ccc(N(c3ccc(-c4ccc(F)cc4)cc3)c3ccc(-c4cc5ccccc5c5ccccc45)cc3)cc21. The van der Waals surface area contributed by atoms with E-state index >= 15 is 0 Å². The Morgan fingerprint density at radius 2 is 0.939 bits per heavy atom. The second kappa shape index (κ2) is 11.3. The second-order valence-electron chi connectivity index (χ2n) is 13.5. The minimum Gasteiger partial charge on any atom is -0.310 e. The molecule has 0 N–H and O–H groups in total. The smallest absolute Gasteiger partial charge is 0.123 e. The number of anilines is 3. The zero-order valence-electron chi connectivity index (χ0n) is 27.5. The number of rotatable bonds is 5. The third-order valence-corrected chi connectivity index (χ3v) is 10.3. The lowest BCUT2D eigenvalue weighted by Gasteiger charge is -2.28. The first-order chi connectivity index (χ1) is 24.0. The van der Waals surface area contributed by atoms with Crippen molar-refractivity contribution < 1.29 is 4.39 Å². The lowest BCUT2D eigenvalue weighted by atomic mass is 9.82. The van der Waals surface area contributed by atoms with Crippen molar-refractivity contribution >= 4 is 38.6 Å². The largest absolute Gasteiger partial charge is 0.310 e. The molecule has 0 amide bonds. The van der Waals surface area contributed by atoms with Crippen LogP contribution in [0.5, 0.6) is 0 Å². The molecule has 0 aliphatic heterocycles. The molecule has 1 aliphatic carbocycles. The van der Waals surface area contributed by atoms with E-state index in [0.717, 1.165) is 28.2 Å². The number of nitrogens with zero attached hydrogens (tertiary/aromatic N) is 1. The van der Waals surface area contributed by atoms with E-state index in [0.29, 0.717) is 0 Å². The van der Waals surface area contributed by atoms with Crippen molar-refractivity contribution in [2.45, 2.75) is 19.3 Å². The third kappa shape index (κ3) is 4.83. The predicted molar refractivity (Wildman–Crippen MR) is 205 cm³/mol. The van der Waals surface area contributed by atoms with Crippen LogP contribution in [0.3, 0.4) is 0 Å². The molecule has 49 heavy (non-hydrogen) atoms. The zero-order chi connectivity index (χ0) is 33.1. The summed E-state index contributed by atoms with van der Waals surface area (Å²) in [4.78, 5) is 2.34. The molecule has 0 fully saturated rings. The van der Waals surface area contributed by atoms with E-state index in [2.05, 4.69) is 164 Å².